The van der Waals surface area contributed by atoms with Gasteiger partial charge in [-0.15, -0.1) is 0 Å². The summed E-state index contributed by atoms with van der Waals surface area (Å²) in [5.74, 6) is 0. The van der Waals surface area contributed by atoms with Crippen LogP contribution < -0.4 is 4.90 Å². The van der Waals surface area contributed by atoms with Crippen LogP contribution in [0, 0.1) is 0 Å². The summed E-state index contributed by atoms with van der Waals surface area (Å²) < 4.78 is 5.02. The van der Waals surface area contributed by atoms with Crippen molar-refractivity contribution in [1.29, 1.82) is 0 Å². The van der Waals surface area contributed by atoms with Gasteiger partial charge in [-0.2, -0.15) is 0 Å². The van der Waals surface area contributed by atoms with Gasteiger partial charge in [0.1, 0.15) is 6.17 Å². The fourth-order valence-electron chi connectivity index (χ4n) is 4.47. The lowest BCUT2D eigenvalue weighted by atomic mass is 9.86. The van der Waals surface area contributed by atoms with E-state index in [1.54, 1.807) is 0 Å². The summed E-state index contributed by atoms with van der Waals surface area (Å²) in [5, 5.41) is 0. The number of para-hydroxylation sites is 1. The molecule has 1 fully saturated rings. The van der Waals surface area contributed by atoms with Crippen LogP contribution in [0.4, 0.5) is 10.5 Å². The molecule has 2 aliphatic heterocycles. The molecule has 0 aromatic heterocycles. The minimum absolute atomic E-state index is 0.00255. The van der Waals surface area contributed by atoms with Crippen molar-refractivity contribution in [2.45, 2.75) is 32.0 Å². The lowest BCUT2D eigenvalue weighted by Crippen LogP contribution is -2.57. The topological polar surface area (TPSA) is 36.0 Å². The molecule has 2 atom stereocenters. The van der Waals surface area contributed by atoms with Crippen LogP contribution >= 0.6 is 0 Å². The van der Waals surface area contributed by atoms with Gasteiger partial charge in [0.2, 0.25) is 0 Å². The number of anilines is 1. The molecule has 0 aliphatic carbocycles. The zero-order chi connectivity index (χ0) is 15.9. The van der Waals surface area contributed by atoms with Crippen molar-refractivity contribution in [2.24, 2.45) is 0 Å². The molecule has 1 aromatic rings. The van der Waals surface area contributed by atoms with Crippen LogP contribution in [-0.4, -0.2) is 55.9 Å². The number of hydrogen-bond acceptors (Lipinski definition) is 4. The Hall–Kier alpha value is -1.75. The molecule has 0 spiro atoms. The third kappa shape index (κ3) is 1.78. The van der Waals surface area contributed by atoms with Gasteiger partial charge in [-0.3, -0.25) is 9.80 Å². The number of methoxy groups -OCH3 is 1. The van der Waals surface area contributed by atoms with E-state index in [2.05, 4.69) is 55.0 Å². The van der Waals surface area contributed by atoms with Gasteiger partial charge in [0.25, 0.3) is 0 Å². The maximum absolute atomic E-state index is 12.3. The maximum Gasteiger partial charge on any atom is 0.411 e. The molecular formula is C17H25N3O2. The first-order chi connectivity index (χ1) is 10.6. The van der Waals surface area contributed by atoms with Gasteiger partial charge in [-0.25, -0.2) is 4.79 Å². The molecule has 0 N–H and O–H groups in total. The molecule has 2 heterocycles. The average Bonchev–Trinajstić information content (AvgIpc) is 3.05. The number of benzene rings is 1. The van der Waals surface area contributed by atoms with Crippen molar-refractivity contribution in [1.82, 2.24) is 9.80 Å². The van der Waals surface area contributed by atoms with E-state index in [-0.39, 0.29) is 17.8 Å². The molecular weight excluding hydrogens is 278 g/mol. The molecule has 0 bridgehead atoms. The van der Waals surface area contributed by atoms with Gasteiger partial charge >= 0.3 is 6.09 Å². The Kier molecular flexibility index (Phi) is 3.77. The van der Waals surface area contributed by atoms with E-state index >= 15 is 0 Å². The highest BCUT2D eigenvalue weighted by Gasteiger charge is 2.60. The largest absolute Gasteiger partial charge is 0.453 e. The van der Waals surface area contributed by atoms with Gasteiger partial charge in [0.05, 0.1) is 12.6 Å². The van der Waals surface area contributed by atoms with Crippen LogP contribution in [0.15, 0.2) is 24.3 Å². The number of carbonyl (C=O) groups is 1. The van der Waals surface area contributed by atoms with Crippen LogP contribution in [0.5, 0.6) is 0 Å². The van der Waals surface area contributed by atoms with E-state index in [0.29, 0.717) is 0 Å². The van der Waals surface area contributed by atoms with Crippen molar-refractivity contribution in [3.05, 3.63) is 29.8 Å². The lowest BCUT2D eigenvalue weighted by molar-refractivity contribution is 0.0578. The summed E-state index contributed by atoms with van der Waals surface area (Å²) in [6.45, 7) is 7.04. The van der Waals surface area contributed by atoms with Gasteiger partial charge < -0.3 is 9.64 Å². The molecule has 5 heteroatoms. The van der Waals surface area contributed by atoms with Gasteiger partial charge in [-0.1, -0.05) is 32.0 Å². The van der Waals surface area contributed by atoms with Crippen molar-refractivity contribution < 1.29 is 9.53 Å². The standard InChI is InChI=1S/C17H25N3O2/c1-5-19(6-2)17-11-12-20(16(21)22-4)15(17)18(3)14-10-8-7-9-13(14)17/h7-10,15H,5-6,11-12H2,1-4H3. The molecule has 0 radical (unpaired) electrons. The Morgan fingerprint density at radius 1 is 1.36 bits per heavy atom. The molecule has 1 saturated heterocycles. The highest BCUT2D eigenvalue weighted by Crippen LogP contribution is 2.53. The lowest BCUT2D eigenvalue weighted by Gasteiger charge is -2.43. The van der Waals surface area contributed by atoms with E-state index in [1.807, 2.05) is 4.90 Å². The summed E-state index contributed by atoms with van der Waals surface area (Å²) in [7, 11) is 3.54. The third-order valence-electron chi connectivity index (χ3n) is 5.31. The van der Waals surface area contributed by atoms with Crippen LogP contribution in [0.25, 0.3) is 0 Å². The highest BCUT2D eigenvalue weighted by atomic mass is 16.5. The zero-order valence-electron chi connectivity index (χ0n) is 13.9. The average molecular weight is 303 g/mol. The summed E-state index contributed by atoms with van der Waals surface area (Å²) in [4.78, 5) is 18.8. The van der Waals surface area contributed by atoms with Crippen LogP contribution in [0.1, 0.15) is 25.8 Å². The van der Waals surface area contributed by atoms with Crippen LogP contribution in [-0.2, 0) is 10.3 Å². The van der Waals surface area contributed by atoms with Crippen LogP contribution in [0.2, 0.25) is 0 Å². The van der Waals surface area contributed by atoms with Crippen LogP contribution in [0.3, 0.4) is 0 Å². The summed E-state index contributed by atoms with van der Waals surface area (Å²) >= 11 is 0. The smallest absolute Gasteiger partial charge is 0.411 e. The molecule has 0 saturated carbocycles. The molecule has 2 aliphatic rings. The Morgan fingerprint density at radius 2 is 2.05 bits per heavy atom. The second kappa shape index (κ2) is 5.47. The predicted octanol–water partition coefficient (Wildman–Crippen LogP) is 2.47. The number of nitrogens with zero attached hydrogens (tertiary/aromatic N) is 3. The van der Waals surface area contributed by atoms with E-state index in [0.717, 1.165) is 26.1 Å². The van der Waals surface area contributed by atoms with Crippen molar-refractivity contribution in [3.63, 3.8) is 0 Å². The number of likely N-dealkylation sites (N-methyl/N-ethyl adjacent to an activating group) is 2. The highest BCUT2D eigenvalue weighted by molar-refractivity contribution is 5.73. The number of likely N-dealkylation sites (tertiary alicyclic amines) is 1. The van der Waals surface area contributed by atoms with Crippen molar-refractivity contribution in [2.75, 3.05) is 38.7 Å². The normalized spacial score (nSPS) is 26.3. The number of ether oxygens (including phenoxy) is 1. The maximum atomic E-state index is 12.3. The Bertz CT molecular complexity index is 573. The van der Waals surface area contributed by atoms with E-state index in [1.165, 1.54) is 18.4 Å². The first-order valence-electron chi connectivity index (χ1n) is 8.03. The van der Waals surface area contributed by atoms with E-state index in [4.69, 9.17) is 4.74 Å². The van der Waals surface area contributed by atoms with E-state index in [9.17, 15) is 4.79 Å². The number of fused-ring (bicyclic) bond motifs is 3. The SMILES string of the molecule is CCN(CC)C12CCN(C(=O)OC)C1N(C)c1ccccc12. The quantitative estimate of drug-likeness (QED) is 0.859. The zero-order valence-corrected chi connectivity index (χ0v) is 13.9. The first kappa shape index (κ1) is 15.2. The fourth-order valence-corrected chi connectivity index (χ4v) is 4.47. The number of amides is 1. The van der Waals surface area contributed by atoms with Crippen molar-refractivity contribution >= 4 is 11.8 Å². The summed E-state index contributed by atoms with van der Waals surface area (Å²) in [6.07, 6.45) is 0.700. The molecule has 5 nitrogen and oxygen atoms in total. The number of rotatable bonds is 3. The summed E-state index contributed by atoms with van der Waals surface area (Å²) in [6, 6.07) is 8.52. The summed E-state index contributed by atoms with van der Waals surface area (Å²) in [5.41, 5.74) is 2.41. The molecule has 3 rings (SSSR count). The Labute approximate surface area is 132 Å². The number of carbonyl (C=O) groups excluding carboxylic acids is 1. The number of hydrogen-bond donors (Lipinski definition) is 0. The van der Waals surface area contributed by atoms with Gasteiger partial charge in [-0.05, 0) is 31.1 Å². The van der Waals surface area contributed by atoms with Crippen molar-refractivity contribution in [3.8, 4) is 0 Å². The van der Waals surface area contributed by atoms with Gasteiger partial charge in [0, 0.05) is 19.3 Å². The fraction of sp³-hybridized carbons (Fsp3) is 0.588. The molecule has 2 unspecified atom stereocenters. The Balaban J connectivity index is 2.15. The minimum Gasteiger partial charge on any atom is -0.453 e. The second-order valence-electron chi connectivity index (χ2n) is 6.01. The molecule has 1 amide bonds. The molecule has 120 valence electrons. The molecule has 22 heavy (non-hydrogen) atoms. The van der Waals surface area contributed by atoms with E-state index < -0.39 is 0 Å². The minimum atomic E-state index is -0.237. The van der Waals surface area contributed by atoms with Gasteiger partial charge in [0.15, 0.2) is 0 Å². The second-order valence-corrected chi connectivity index (χ2v) is 6.01. The first-order valence-corrected chi connectivity index (χ1v) is 8.03. The monoisotopic (exact) mass is 303 g/mol. The Morgan fingerprint density at radius 3 is 2.68 bits per heavy atom. The predicted molar refractivity (Wildman–Crippen MR) is 87.0 cm³/mol. The third-order valence-corrected chi connectivity index (χ3v) is 5.31. The molecule has 1 aromatic carbocycles.